The number of nitriles is 1. The predicted octanol–water partition coefficient (Wildman–Crippen LogP) is 0.883. The summed E-state index contributed by atoms with van der Waals surface area (Å²) in [5.74, 6) is -0.140. The van der Waals surface area contributed by atoms with Crippen molar-refractivity contribution in [2.75, 3.05) is 19.6 Å². The molecule has 0 saturated carbocycles. The normalized spacial score (nSPS) is 26.2. The largest absolute Gasteiger partial charge is 0.384 e. The molecule has 4 atom stereocenters. The maximum Gasteiger partial charge on any atom is 0.195 e. The average molecular weight is 518 g/mol. The monoisotopic (exact) mass is 517 g/mol. The van der Waals surface area contributed by atoms with E-state index in [4.69, 9.17) is 15.7 Å². The lowest BCUT2D eigenvalue weighted by Crippen LogP contribution is -2.54. The van der Waals surface area contributed by atoms with Crippen molar-refractivity contribution in [1.82, 2.24) is 15.1 Å². The molecule has 4 N–H and O–H groups in total. The van der Waals surface area contributed by atoms with E-state index >= 15 is 0 Å². The second kappa shape index (κ2) is 11.5. The van der Waals surface area contributed by atoms with Gasteiger partial charge in [-0.15, -0.1) is 0 Å². The van der Waals surface area contributed by atoms with Crippen molar-refractivity contribution >= 4 is 30.3 Å². The molecule has 0 bridgehead atoms. The number of ether oxygens (including phenoxy) is 1. The highest BCUT2D eigenvalue weighted by atomic mass is 16.5. The topological polar surface area (TPSA) is 157 Å². The number of carbonyl (C=O) groups excluding carboxylic acids is 2. The van der Waals surface area contributed by atoms with Crippen LogP contribution in [0.5, 0.6) is 0 Å². The van der Waals surface area contributed by atoms with E-state index in [2.05, 4.69) is 27.9 Å². The third-order valence-electron chi connectivity index (χ3n) is 6.77. The van der Waals surface area contributed by atoms with Gasteiger partial charge in [0.1, 0.15) is 17.6 Å². The van der Waals surface area contributed by atoms with Crippen LogP contribution in [0.3, 0.4) is 0 Å². The second-order valence-electron chi connectivity index (χ2n) is 9.37. The first kappa shape index (κ1) is 26.9. The number of carbonyl (C=O) groups is 2. The maximum absolute atomic E-state index is 13.0. The first-order valence-electron chi connectivity index (χ1n) is 12.3. The fourth-order valence-electron chi connectivity index (χ4n) is 4.61. The number of hydrogen-bond acceptors (Lipinski definition) is 11. The van der Waals surface area contributed by atoms with E-state index in [0.717, 1.165) is 5.56 Å². The molecular formula is C27H31N7O4. The zero-order chi connectivity index (χ0) is 27.3. The Kier molecular flexibility index (Phi) is 8.16. The van der Waals surface area contributed by atoms with Gasteiger partial charge in [-0.2, -0.15) is 5.26 Å². The molecule has 0 aromatic heterocycles. The van der Waals surface area contributed by atoms with Gasteiger partial charge in [-0.1, -0.05) is 30.9 Å². The molecule has 11 heteroatoms. The zero-order valence-corrected chi connectivity index (χ0v) is 21.2. The van der Waals surface area contributed by atoms with Crippen LogP contribution in [-0.4, -0.2) is 82.9 Å². The number of ketones is 2. The summed E-state index contributed by atoms with van der Waals surface area (Å²) in [6.07, 6.45) is 5.76. The Labute approximate surface area is 221 Å². The van der Waals surface area contributed by atoms with Crippen LogP contribution >= 0.6 is 0 Å². The molecule has 0 aliphatic carbocycles. The van der Waals surface area contributed by atoms with Crippen LogP contribution in [0.25, 0.3) is 6.08 Å². The standard InChI is InChI=1S/C27H31N7O4/c1-3-20(35)7-5-13-33(12-4-6-18-8-10-19(14-28)11-9-18)15-21-22(36)23(37)26(38-21)34-17-31-24-25(29)30-16-32-27(24,34)2/h3-4,6,8-11,16-17,21,23,26,37H,1,5,7,12-13,15,29H2,2H3,(H,30,32)/b6-4+/t21-,23-,26-,27?/m1/s1. The lowest BCUT2D eigenvalue weighted by Gasteiger charge is -2.38. The minimum Gasteiger partial charge on any atom is -0.384 e. The van der Waals surface area contributed by atoms with Crippen LogP contribution in [0.2, 0.25) is 0 Å². The molecule has 0 amide bonds. The Morgan fingerprint density at radius 3 is 2.89 bits per heavy atom. The van der Waals surface area contributed by atoms with E-state index in [-0.39, 0.29) is 12.3 Å². The molecule has 1 aromatic carbocycles. The van der Waals surface area contributed by atoms with E-state index in [9.17, 15) is 14.7 Å². The number of nitrogens with one attached hydrogen (secondary N) is 1. The van der Waals surface area contributed by atoms with Crippen molar-refractivity contribution in [1.29, 1.82) is 5.26 Å². The molecule has 4 rings (SSSR count). The molecule has 1 unspecified atom stereocenters. The van der Waals surface area contributed by atoms with Gasteiger partial charge >= 0.3 is 0 Å². The zero-order valence-electron chi connectivity index (χ0n) is 21.2. The highest BCUT2D eigenvalue weighted by molar-refractivity contribution is 5.90. The third-order valence-corrected chi connectivity index (χ3v) is 6.77. The number of benzene rings is 1. The predicted molar refractivity (Wildman–Crippen MR) is 142 cm³/mol. The Morgan fingerprint density at radius 1 is 1.42 bits per heavy atom. The average Bonchev–Trinajstić information content (AvgIpc) is 3.40. The van der Waals surface area contributed by atoms with Crippen LogP contribution in [0, 0.1) is 11.3 Å². The first-order chi connectivity index (χ1) is 18.3. The number of nitrogens with two attached hydrogens (primary N) is 1. The molecule has 0 spiro atoms. The van der Waals surface area contributed by atoms with E-state index in [1.807, 2.05) is 29.2 Å². The fourth-order valence-corrected chi connectivity index (χ4v) is 4.61. The van der Waals surface area contributed by atoms with Crippen LogP contribution in [0.4, 0.5) is 0 Å². The van der Waals surface area contributed by atoms with Crippen LogP contribution < -0.4 is 11.1 Å². The van der Waals surface area contributed by atoms with Crippen molar-refractivity contribution in [2.24, 2.45) is 15.7 Å². The van der Waals surface area contributed by atoms with Gasteiger partial charge in [0.05, 0.1) is 24.3 Å². The molecule has 38 heavy (non-hydrogen) atoms. The van der Waals surface area contributed by atoms with Crippen molar-refractivity contribution < 1.29 is 19.4 Å². The van der Waals surface area contributed by atoms with E-state index in [1.54, 1.807) is 24.0 Å². The highest BCUT2D eigenvalue weighted by Gasteiger charge is 2.53. The molecular weight excluding hydrogens is 486 g/mol. The van der Waals surface area contributed by atoms with Crippen LogP contribution in [-0.2, 0) is 14.3 Å². The summed E-state index contributed by atoms with van der Waals surface area (Å²) in [5, 5.41) is 22.6. The molecule has 1 saturated heterocycles. The van der Waals surface area contributed by atoms with Gasteiger partial charge in [0, 0.05) is 19.5 Å². The molecule has 3 heterocycles. The molecule has 1 aromatic rings. The summed E-state index contributed by atoms with van der Waals surface area (Å²) in [4.78, 5) is 37.1. The van der Waals surface area contributed by atoms with Gasteiger partial charge in [-0.3, -0.25) is 14.5 Å². The number of allylic oxidation sites excluding steroid dienone is 1. The maximum atomic E-state index is 13.0. The lowest BCUT2D eigenvalue weighted by atomic mass is 10.1. The van der Waals surface area contributed by atoms with Gasteiger partial charge in [0.25, 0.3) is 0 Å². The lowest BCUT2D eigenvalue weighted by molar-refractivity contribution is -0.127. The first-order valence-corrected chi connectivity index (χ1v) is 12.3. The van der Waals surface area contributed by atoms with E-state index in [0.29, 0.717) is 43.0 Å². The Hall–Kier alpha value is -4.11. The van der Waals surface area contributed by atoms with Crippen LogP contribution in [0.1, 0.15) is 30.9 Å². The summed E-state index contributed by atoms with van der Waals surface area (Å²) in [7, 11) is 0. The van der Waals surface area contributed by atoms with Gasteiger partial charge in [-0.05, 0) is 43.7 Å². The molecule has 3 aliphatic heterocycles. The van der Waals surface area contributed by atoms with Crippen molar-refractivity contribution in [3.63, 3.8) is 0 Å². The molecule has 1 fully saturated rings. The number of rotatable bonds is 11. The number of aliphatic imine (C=N–C) groups is 2. The van der Waals surface area contributed by atoms with Gasteiger partial charge in [-0.25, -0.2) is 9.98 Å². The smallest absolute Gasteiger partial charge is 0.195 e. The number of fused-ring (bicyclic) bond motifs is 1. The Bertz CT molecular complexity index is 1250. The Balaban J connectivity index is 1.45. The summed E-state index contributed by atoms with van der Waals surface area (Å²) in [6.45, 7) is 6.54. The van der Waals surface area contributed by atoms with Crippen molar-refractivity contribution in [3.05, 3.63) is 65.6 Å². The van der Waals surface area contributed by atoms with E-state index < -0.39 is 29.9 Å². The number of Topliss-reactive ketones (excluding diaryl/α,β-unsaturated/α-hetero) is 1. The Morgan fingerprint density at radius 2 is 2.18 bits per heavy atom. The quantitative estimate of drug-likeness (QED) is 0.363. The molecule has 11 nitrogen and oxygen atoms in total. The van der Waals surface area contributed by atoms with Gasteiger partial charge < -0.3 is 25.8 Å². The molecule has 0 radical (unpaired) electrons. The molecule has 198 valence electrons. The minimum absolute atomic E-state index is 0.0472. The van der Waals surface area contributed by atoms with Gasteiger partial charge in [0.2, 0.25) is 0 Å². The van der Waals surface area contributed by atoms with Crippen molar-refractivity contribution in [3.8, 4) is 6.07 Å². The third kappa shape index (κ3) is 5.57. The molecule has 3 aliphatic rings. The number of nitrogens with zero attached hydrogens (tertiary/aromatic N) is 5. The van der Waals surface area contributed by atoms with Crippen molar-refractivity contribution in [2.45, 2.75) is 43.9 Å². The SMILES string of the molecule is C=CC(=O)CCCN(C/C=C/c1ccc(C#N)cc1)C[C@H]1O[C@@H](N2C=NC3=C(N)NC=NC32C)[C@H](O)C1=O. The van der Waals surface area contributed by atoms with E-state index in [1.165, 1.54) is 18.8 Å². The summed E-state index contributed by atoms with van der Waals surface area (Å²) < 4.78 is 6.09. The number of aliphatic hydroxyl groups is 1. The second-order valence-corrected chi connectivity index (χ2v) is 9.37. The minimum atomic E-state index is -1.40. The summed E-state index contributed by atoms with van der Waals surface area (Å²) in [6, 6.07) is 9.28. The highest BCUT2D eigenvalue weighted by Crippen LogP contribution is 2.37. The van der Waals surface area contributed by atoms with Crippen LogP contribution in [0.15, 0.2) is 64.5 Å². The fraction of sp³-hybridized carbons (Fsp3) is 0.370. The number of hydrogen-bond donors (Lipinski definition) is 3. The summed E-state index contributed by atoms with van der Waals surface area (Å²) in [5.41, 5.74) is 7.00. The van der Waals surface area contributed by atoms with Gasteiger partial charge in [0.15, 0.2) is 29.6 Å². The summed E-state index contributed by atoms with van der Waals surface area (Å²) >= 11 is 0. The number of aliphatic hydroxyl groups excluding tert-OH is 1.